The van der Waals surface area contributed by atoms with Gasteiger partial charge in [0.15, 0.2) is 11.6 Å². The Hall–Kier alpha value is -4.01. The molecule has 0 radical (unpaired) electrons. The number of hydrogen-bond acceptors (Lipinski definition) is 3. The van der Waals surface area contributed by atoms with Crippen LogP contribution in [-0.4, -0.2) is 11.6 Å². The fourth-order valence-corrected chi connectivity index (χ4v) is 6.22. The molecular weight excluding hydrogens is 604 g/mol. The van der Waals surface area contributed by atoms with Crippen LogP contribution in [0.4, 0.5) is 26.3 Å². The van der Waals surface area contributed by atoms with Crippen LogP contribution in [0.2, 0.25) is 0 Å². The van der Waals surface area contributed by atoms with Crippen molar-refractivity contribution in [3.05, 3.63) is 101 Å². The largest absolute Gasteiger partial charge is 0.491 e. The molecular formula is C37H37F6NO2. The van der Waals surface area contributed by atoms with Gasteiger partial charge in [0.05, 0.1) is 12.3 Å². The third-order valence-electron chi connectivity index (χ3n) is 8.68. The molecule has 0 saturated heterocycles. The summed E-state index contributed by atoms with van der Waals surface area (Å²) in [6.07, 6.45) is 7.16. The molecule has 0 aliphatic heterocycles. The molecule has 244 valence electrons. The number of hydrogen-bond donors (Lipinski definition) is 0. The Morgan fingerprint density at radius 2 is 1.48 bits per heavy atom. The first-order valence-corrected chi connectivity index (χ1v) is 15.8. The molecule has 4 aromatic rings. The Bertz CT molecular complexity index is 1610. The number of ether oxygens (including phenoxy) is 2. The van der Waals surface area contributed by atoms with Crippen molar-refractivity contribution in [1.82, 2.24) is 4.98 Å². The summed E-state index contributed by atoms with van der Waals surface area (Å²) in [6.45, 7) is 3.98. The SMILES string of the molecule is CCCCCC1CCC(c2ccc(-c3ccc(-c4cc(F)c(C(F)(F)Oc5ccc(OCC)c(F)c5)c(F)c4)c(F)c3)nc2)CC1. The lowest BCUT2D eigenvalue weighted by Gasteiger charge is -2.28. The van der Waals surface area contributed by atoms with E-state index in [1.807, 2.05) is 18.3 Å². The molecule has 1 heterocycles. The van der Waals surface area contributed by atoms with Crippen molar-refractivity contribution < 1.29 is 35.8 Å². The first kappa shape index (κ1) is 33.4. The summed E-state index contributed by atoms with van der Waals surface area (Å²) in [5.41, 5.74) is 0.0203. The van der Waals surface area contributed by atoms with Gasteiger partial charge in [0.2, 0.25) is 0 Å². The number of nitrogens with zero attached hydrogens (tertiary/aromatic N) is 1. The van der Waals surface area contributed by atoms with E-state index in [4.69, 9.17) is 4.74 Å². The van der Waals surface area contributed by atoms with Gasteiger partial charge in [-0.05, 0) is 92.0 Å². The number of rotatable bonds is 12. The summed E-state index contributed by atoms with van der Waals surface area (Å²) in [6, 6.07) is 11.8. The summed E-state index contributed by atoms with van der Waals surface area (Å²) < 4.78 is 98.6. The van der Waals surface area contributed by atoms with Crippen molar-refractivity contribution in [1.29, 1.82) is 0 Å². The topological polar surface area (TPSA) is 31.4 Å². The molecule has 0 amide bonds. The fourth-order valence-electron chi connectivity index (χ4n) is 6.22. The molecule has 9 heteroatoms. The lowest BCUT2D eigenvalue weighted by atomic mass is 9.77. The molecule has 1 aromatic heterocycles. The summed E-state index contributed by atoms with van der Waals surface area (Å²) in [5, 5.41) is 0. The predicted molar refractivity (Wildman–Crippen MR) is 166 cm³/mol. The molecule has 0 atom stereocenters. The van der Waals surface area contributed by atoms with Crippen molar-refractivity contribution in [2.45, 2.75) is 77.2 Å². The van der Waals surface area contributed by atoms with E-state index >= 15 is 4.39 Å². The second kappa shape index (κ2) is 14.6. The van der Waals surface area contributed by atoms with Crippen LogP contribution in [0.15, 0.2) is 66.9 Å². The van der Waals surface area contributed by atoms with E-state index in [0.29, 0.717) is 35.4 Å². The van der Waals surface area contributed by atoms with Crippen LogP contribution in [0.5, 0.6) is 11.5 Å². The molecule has 46 heavy (non-hydrogen) atoms. The van der Waals surface area contributed by atoms with Gasteiger partial charge in [0.25, 0.3) is 0 Å². The lowest BCUT2D eigenvalue weighted by molar-refractivity contribution is -0.189. The van der Waals surface area contributed by atoms with E-state index in [-0.39, 0.29) is 23.5 Å². The van der Waals surface area contributed by atoms with Gasteiger partial charge in [-0.1, -0.05) is 50.8 Å². The minimum Gasteiger partial charge on any atom is -0.491 e. The van der Waals surface area contributed by atoms with Gasteiger partial charge in [-0.3, -0.25) is 4.98 Å². The van der Waals surface area contributed by atoms with Crippen LogP contribution in [0, 0.1) is 29.2 Å². The summed E-state index contributed by atoms with van der Waals surface area (Å²) in [5.74, 6) is -4.68. The van der Waals surface area contributed by atoms with Crippen molar-refractivity contribution in [2.75, 3.05) is 6.61 Å². The maximum absolute atomic E-state index is 15.3. The fraction of sp³-hybridized carbons (Fsp3) is 0.378. The standard InChI is InChI=1S/C37H37F6NO2/c1-3-5-6-7-23-8-10-24(11-9-23)26-13-16-34(44-22-26)25-12-15-29(30(38)18-25)27-19-32(40)36(33(41)20-27)37(42,43)46-28-14-17-35(45-4-2)31(39)21-28/h12-24H,3-11H2,1-2H3. The molecule has 5 rings (SSSR count). The quantitative estimate of drug-likeness (QED) is 0.114. The monoisotopic (exact) mass is 641 g/mol. The van der Waals surface area contributed by atoms with E-state index in [1.54, 1.807) is 13.0 Å². The zero-order valence-electron chi connectivity index (χ0n) is 25.9. The highest BCUT2D eigenvalue weighted by atomic mass is 19.3. The van der Waals surface area contributed by atoms with Gasteiger partial charge in [0.1, 0.15) is 28.8 Å². The molecule has 1 saturated carbocycles. The van der Waals surface area contributed by atoms with Gasteiger partial charge < -0.3 is 9.47 Å². The van der Waals surface area contributed by atoms with Crippen molar-refractivity contribution >= 4 is 0 Å². The normalized spacial score (nSPS) is 16.8. The highest BCUT2D eigenvalue weighted by molar-refractivity contribution is 5.70. The third kappa shape index (κ3) is 7.68. The smallest absolute Gasteiger partial charge is 0.432 e. The van der Waals surface area contributed by atoms with E-state index in [2.05, 4.69) is 16.6 Å². The van der Waals surface area contributed by atoms with Crippen LogP contribution < -0.4 is 9.47 Å². The van der Waals surface area contributed by atoms with Crippen LogP contribution >= 0.6 is 0 Å². The molecule has 0 bridgehead atoms. The lowest BCUT2D eigenvalue weighted by Crippen LogP contribution is -2.25. The molecule has 0 N–H and O–H groups in total. The predicted octanol–water partition coefficient (Wildman–Crippen LogP) is 11.4. The minimum atomic E-state index is -4.50. The average molecular weight is 642 g/mol. The number of pyridine rings is 1. The van der Waals surface area contributed by atoms with Gasteiger partial charge >= 0.3 is 6.11 Å². The van der Waals surface area contributed by atoms with E-state index < -0.39 is 40.7 Å². The molecule has 3 aromatic carbocycles. The molecule has 0 unspecified atom stereocenters. The molecule has 1 fully saturated rings. The number of aromatic nitrogens is 1. The summed E-state index contributed by atoms with van der Waals surface area (Å²) in [4.78, 5) is 4.55. The molecule has 3 nitrogen and oxygen atoms in total. The Balaban J connectivity index is 1.28. The number of halogens is 6. The number of alkyl halides is 2. The van der Waals surface area contributed by atoms with Gasteiger partial charge in [-0.15, -0.1) is 0 Å². The number of unbranched alkanes of at least 4 members (excludes halogenated alkanes) is 2. The van der Waals surface area contributed by atoms with Crippen LogP contribution in [0.3, 0.4) is 0 Å². The minimum absolute atomic E-state index is 0.142. The average Bonchev–Trinajstić information content (AvgIpc) is 3.02. The maximum Gasteiger partial charge on any atom is 0.432 e. The van der Waals surface area contributed by atoms with Gasteiger partial charge in [0, 0.05) is 23.4 Å². The zero-order valence-corrected chi connectivity index (χ0v) is 25.9. The van der Waals surface area contributed by atoms with Crippen LogP contribution in [0.1, 0.15) is 82.3 Å². The van der Waals surface area contributed by atoms with Gasteiger partial charge in [-0.2, -0.15) is 8.78 Å². The van der Waals surface area contributed by atoms with Gasteiger partial charge in [-0.25, -0.2) is 17.6 Å². The number of benzene rings is 3. The second-order valence-electron chi connectivity index (χ2n) is 11.8. The van der Waals surface area contributed by atoms with Crippen molar-refractivity contribution in [3.8, 4) is 33.9 Å². The van der Waals surface area contributed by atoms with E-state index in [1.165, 1.54) is 50.7 Å². The highest BCUT2D eigenvalue weighted by Gasteiger charge is 2.41. The molecule has 1 aliphatic rings. The molecule has 0 spiro atoms. The van der Waals surface area contributed by atoms with E-state index in [9.17, 15) is 22.0 Å². The highest BCUT2D eigenvalue weighted by Crippen LogP contribution is 2.40. The maximum atomic E-state index is 15.3. The van der Waals surface area contributed by atoms with Crippen LogP contribution in [0.25, 0.3) is 22.4 Å². The Labute approximate surface area is 265 Å². The second-order valence-corrected chi connectivity index (χ2v) is 11.8. The van der Waals surface area contributed by atoms with Crippen molar-refractivity contribution in [2.24, 2.45) is 5.92 Å². The zero-order chi connectivity index (χ0) is 32.8. The van der Waals surface area contributed by atoms with Crippen LogP contribution in [-0.2, 0) is 6.11 Å². The Morgan fingerprint density at radius 1 is 0.761 bits per heavy atom. The Kier molecular flexibility index (Phi) is 10.6. The molecule has 1 aliphatic carbocycles. The summed E-state index contributed by atoms with van der Waals surface area (Å²) >= 11 is 0. The summed E-state index contributed by atoms with van der Waals surface area (Å²) in [7, 11) is 0. The Morgan fingerprint density at radius 3 is 2.09 bits per heavy atom. The first-order valence-electron chi connectivity index (χ1n) is 15.8. The van der Waals surface area contributed by atoms with E-state index in [0.717, 1.165) is 36.5 Å². The first-order chi connectivity index (χ1) is 22.1. The van der Waals surface area contributed by atoms with Crippen molar-refractivity contribution in [3.63, 3.8) is 0 Å². The third-order valence-corrected chi connectivity index (χ3v) is 8.68.